The first-order valence-electron chi connectivity index (χ1n) is 14.3. The van der Waals surface area contributed by atoms with Crippen molar-refractivity contribution >= 4 is 44.7 Å². The van der Waals surface area contributed by atoms with Gasteiger partial charge in [0.1, 0.15) is 35.1 Å². The van der Waals surface area contributed by atoms with Gasteiger partial charge in [-0.2, -0.15) is 0 Å². The van der Waals surface area contributed by atoms with Crippen molar-refractivity contribution in [2.24, 2.45) is 5.92 Å². The normalized spacial score (nSPS) is 17.5. The lowest BCUT2D eigenvalue weighted by molar-refractivity contribution is 0.0384. The van der Waals surface area contributed by atoms with Gasteiger partial charge in [-0.3, -0.25) is 4.90 Å². The third-order valence-electron chi connectivity index (χ3n) is 7.86. The summed E-state index contributed by atoms with van der Waals surface area (Å²) in [6, 6.07) is 11.9. The van der Waals surface area contributed by atoms with Crippen molar-refractivity contribution in [1.29, 1.82) is 0 Å². The zero-order valence-corrected chi connectivity index (χ0v) is 24.6. The van der Waals surface area contributed by atoms with Crippen molar-refractivity contribution in [3.8, 4) is 5.75 Å². The molecule has 2 aromatic heterocycles. The fourth-order valence-electron chi connectivity index (χ4n) is 5.63. The molecular weight excluding hydrogens is 561 g/mol. The summed E-state index contributed by atoms with van der Waals surface area (Å²) >= 11 is 8.34. The second kappa shape index (κ2) is 13.4. The summed E-state index contributed by atoms with van der Waals surface area (Å²) in [5.41, 5.74) is 2.95. The van der Waals surface area contributed by atoms with Crippen LogP contribution in [0.4, 0.5) is 15.9 Å². The number of benzene rings is 2. The number of nitrogens with zero attached hydrogens (tertiary/aromatic N) is 3. The number of hydrogen-bond acceptors (Lipinski definition) is 8. The van der Waals surface area contributed by atoms with E-state index >= 15 is 0 Å². The van der Waals surface area contributed by atoms with E-state index in [0.717, 1.165) is 86.1 Å². The lowest BCUT2D eigenvalue weighted by atomic mass is 9.86. The summed E-state index contributed by atoms with van der Waals surface area (Å²) < 4.78 is 24.7. The molecule has 1 unspecified atom stereocenters. The number of aryl methyl sites for hydroxylation is 1. The standard InChI is InChI=1S/C31H35ClFN5O2S/c32-26-18-24(5-7-27(26)40-19-22-2-1-3-23(33)16-22)37-30-29-25-6-4-21(17-28(25)41-31(29)36-20-35-30)8-9-34-10-11-38-12-14-39-15-13-38/h1-3,5,7,16,18,20-21,34H,4,6,8-15,17,19H2,(H,35,36,37). The summed E-state index contributed by atoms with van der Waals surface area (Å²) in [6.45, 7) is 7.24. The molecule has 2 aliphatic rings. The van der Waals surface area contributed by atoms with Gasteiger partial charge in [0.2, 0.25) is 0 Å². The molecule has 0 amide bonds. The van der Waals surface area contributed by atoms with Gasteiger partial charge < -0.3 is 20.1 Å². The largest absolute Gasteiger partial charge is 0.487 e. The first kappa shape index (κ1) is 28.3. The van der Waals surface area contributed by atoms with Gasteiger partial charge in [-0.15, -0.1) is 11.3 Å². The molecule has 4 aromatic rings. The molecule has 0 bridgehead atoms. The van der Waals surface area contributed by atoms with Gasteiger partial charge in [-0.25, -0.2) is 14.4 Å². The molecule has 2 N–H and O–H groups in total. The van der Waals surface area contributed by atoms with Crippen LogP contribution in [0.1, 0.15) is 28.8 Å². The highest BCUT2D eigenvalue weighted by Crippen LogP contribution is 2.41. The fraction of sp³-hybridized carbons (Fsp3) is 0.419. The van der Waals surface area contributed by atoms with Crippen LogP contribution in [0, 0.1) is 11.7 Å². The molecule has 1 aliphatic carbocycles. The van der Waals surface area contributed by atoms with Crippen LogP contribution in [0.25, 0.3) is 10.2 Å². The van der Waals surface area contributed by atoms with Crippen molar-refractivity contribution in [2.45, 2.75) is 32.3 Å². The highest BCUT2D eigenvalue weighted by molar-refractivity contribution is 7.19. The van der Waals surface area contributed by atoms with Crippen LogP contribution in [0.15, 0.2) is 48.8 Å². The lowest BCUT2D eigenvalue weighted by Crippen LogP contribution is -2.40. The number of anilines is 2. The van der Waals surface area contributed by atoms with Crippen LogP contribution in [-0.4, -0.2) is 60.8 Å². The van der Waals surface area contributed by atoms with E-state index in [1.165, 1.54) is 35.4 Å². The molecule has 6 rings (SSSR count). The number of aromatic nitrogens is 2. The van der Waals surface area contributed by atoms with Crippen molar-refractivity contribution in [2.75, 3.05) is 51.3 Å². The Hall–Kier alpha value is -2.82. The van der Waals surface area contributed by atoms with Crippen LogP contribution >= 0.6 is 22.9 Å². The minimum absolute atomic E-state index is 0.239. The molecule has 0 radical (unpaired) electrons. The summed E-state index contributed by atoms with van der Waals surface area (Å²) in [5.74, 6) is 1.75. The topological polar surface area (TPSA) is 71.5 Å². The van der Waals surface area contributed by atoms with Gasteiger partial charge in [0.25, 0.3) is 0 Å². The summed E-state index contributed by atoms with van der Waals surface area (Å²) in [4.78, 5) is 14.1. The Balaban J connectivity index is 1.06. The van der Waals surface area contributed by atoms with Crippen LogP contribution in [0.3, 0.4) is 0 Å². The molecule has 216 valence electrons. The van der Waals surface area contributed by atoms with E-state index in [1.54, 1.807) is 23.7 Å². The molecule has 0 spiro atoms. The number of ether oxygens (including phenoxy) is 2. The molecule has 41 heavy (non-hydrogen) atoms. The predicted octanol–water partition coefficient (Wildman–Crippen LogP) is 6.22. The molecule has 1 aliphatic heterocycles. The number of nitrogens with one attached hydrogen (secondary N) is 2. The first-order valence-corrected chi connectivity index (χ1v) is 15.5. The van der Waals surface area contributed by atoms with Crippen LogP contribution in [0.5, 0.6) is 5.75 Å². The quantitative estimate of drug-likeness (QED) is 0.199. The third-order valence-corrected chi connectivity index (χ3v) is 9.32. The molecule has 7 nitrogen and oxygen atoms in total. The van der Waals surface area contributed by atoms with E-state index in [-0.39, 0.29) is 12.4 Å². The van der Waals surface area contributed by atoms with E-state index in [2.05, 4.69) is 25.5 Å². The molecule has 1 fully saturated rings. The van der Waals surface area contributed by atoms with Gasteiger partial charge in [0.15, 0.2) is 0 Å². The summed E-state index contributed by atoms with van der Waals surface area (Å²) in [7, 11) is 0. The van der Waals surface area contributed by atoms with Crippen LogP contribution < -0.4 is 15.4 Å². The zero-order chi connectivity index (χ0) is 28.0. The van der Waals surface area contributed by atoms with Gasteiger partial charge in [-0.05, 0) is 79.6 Å². The minimum Gasteiger partial charge on any atom is -0.487 e. The summed E-state index contributed by atoms with van der Waals surface area (Å²) in [5, 5.41) is 8.71. The second-order valence-corrected chi connectivity index (χ2v) is 12.2. The van der Waals surface area contributed by atoms with E-state index in [9.17, 15) is 4.39 Å². The van der Waals surface area contributed by atoms with E-state index in [1.807, 2.05) is 24.3 Å². The van der Waals surface area contributed by atoms with Crippen LogP contribution in [0.2, 0.25) is 5.02 Å². The van der Waals surface area contributed by atoms with Gasteiger partial charge in [0, 0.05) is 36.7 Å². The Bertz CT molecular complexity index is 1480. The van der Waals surface area contributed by atoms with Gasteiger partial charge in [-0.1, -0.05) is 23.7 Å². The highest BCUT2D eigenvalue weighted by Gasteiger charge is 2.25. The molecule has 1 atom stereocenters. The second-order valence-electron chi connectivity index (χ2n) is 10.7. The van der Waals surface area contributed by atoms with E-state index in [0.29, 0.717) is 16.7 Å². The average molecular weight is 596 g/mol. The predicted molar refractivity (Wildman–Crippen MR) is 163 cm³/mol. The average Bonchev–Trinajstić information content (AvgIpc) is 3.36. The number of thiophene rings is 1. The number of fused-ring (bicyclic) bond motifs is 3. The van der Waals surface area contributed by atoms with Crippen molar-refractivity contribution in [1.82, 2.24) is 20.2 Å². The zero-order valence-electron chi connectivity index (χ0n) is 23.0. The third kappa shape index (κ3) is 7.16. The molecule has 2 aromatic carbocycles. The number of morpholine rings is 1. The maximum absolute atomic E-state index is 13.5. The highest BCUT2D eigenvalue weighted by atomic mass is 35.5. The smallest absolute Gasteiger partial charge is 0.142 e. The molecule has 3 heterocycles. The molecule has 10 heteroatoms. The Morgan fingerprint density at radius 2 is 2.02 bits per heavy atom. The van der Waals surface area contributed by atoms with Crippen molar-refractivity contribution in [3.63, 3.8) is 0 Å². The van der Waals surface area contributed by atoms with Crippen molar-refractivity contribution in [3.05, 3.63) is 75.6 Å². The maximum atomic E-state index is 13.5. The Kier molecular flexibility index (Phi) is 9.28. The van der Waals surface area contributed by atoms with Crippen molar-refractivity contribution < 1.29 is 13.9 Å². The number of halogens is 2. The SMILES string of the molecule is Fc1cccc(COc2ccc(Nc3ncnc4sc5c(c34)CCC(CCNCCN3CCOCC3)C5)cc2Cl)c1. The lowest BCUT2D eigenvalue weighted by Gasteiger charge is -2.27. The monoisotopic (exact) mass is 595 g/mol. The Labute approximate surface area is 249 Å². The van der Waals surface area contributed by atoms with Gasteiger partial charge in [0.05, 0.1) is 23.6 Å². The Morgan fingerprint density at radius 3 is 2.88 bits per heavy atom. The molecular formula is C31H35ClFN5O2S. The summed E-state index contributed by atoms with van der Waals surface area (Å²) in [6.07, 6.45) is 6.15. The fourth-order valence-corrected chi connectivity index (χ4v) is 7.17. The van der Waals surface area contributed by atoms with Crippen LogP contribution in [-0.2, 0) is 24.2 Å². The van der Waals surface area contributed by atoms with E-state index in [4.69, 9.17) is 21.1 Å². The Morgan fingerprint density at radius 1 is 1.12 bits per heavy atom. The number of rotatable bonds is 11. The number of hydrogen-bond donors (Lipinski definition) is 2. The molecule has 0 saturated carbocycles. The first-order chi connectivity index (χ1) is 20.1. The minimum atomic E-state index is -0.286. The molecule has 1 saturated heterocycles. The van der Waals surface area contributed by atoms with E-state index < -0.39 is 0 Å². The van der Waals surface area contributed by atoms with Gasteiger partial charge >= 0.3 is 0 Å². The maximum Gasteiger partial charge on any atom is 0.142 e.